The second-order valence-electron chi connectivity index (χ2n) is 2.91. The van der Waals surface area contributed by atoms with Crippen LogP contribution in [0.4, 0.5) is 0 Å². The monoisotopic (exact) mass is 181 g/mol. The predicted molar refractivity (Wildman–Crippen MR) is 46.1 cm³/mol. The Bertz CT molecular complexity index is 105. The highest BCUT2D eigenvalue weighted by molar-refractivity contribution is 5.85. The molecule has 4 heteroatoms. The van der Waals surface area contributed by atoms with E-state index in [1.54, 1.807) is 7.11 Å². The minimum atomic E-state index is -0.101. The van der Waals surface area contributed by atoms with Crippen LogP contribution in [0, 0.1) is 0 Å². The van der Waals surface area contributed by atoms with Crippen molar-refractivity contribution in [2.45, 2.75) is 18.4 Å². The average Bonchev–Trinajstić information content (AvgIpc) is 2.33. The molecule has 0 spiro atoms. The fraction of sp³-hybridized carbons (Fsp3) is 1.00. The van der Waals surface area contributed by atoms with Gasteiger partial charge in [-0.3, -0.25) is 0 Å². The minimum absolute atomic E-state index is 0. The third-order valence-corrected chi connectivity index (χ3v) is 1.94. The van der Waals surface area contributed by atoms with Gasteiger partial charge in [0.2, 0.25) is 0 Å². The predicted octanol–water partition coefficient (Wildman–Crippen LogP) is 0.563. The van der Waals surface area contributed by atoms with Gasteiger partial charge in [0, 0.05) is 25.9 Å². The molecular formula is C7H16ClNO2. The normalized spacial score (nSPS) is 30.0. The van der Waals surface area contributed by atoms with Crippen molar-refractivity contribution in [3.8, 4) is 0 Å². The van der Waals surface area contributed by atoms with Gasteiger partial charge in [0.25, 0.3) is 0 Å². The number of rotatable bonds is 3. The van der Waals surface area contributed by atoms with Gasteiger partial charge in [-0.05, 0) is 12.8 Å². The lowest BCUT2D eigenvalue weighted by Crippen LogP contribution is -2.41. The molecule has 1 saturated heterocycles. The Kier molecular flexibility index (Phi) is 5.01. The maximum atomic E-state index is 5.94. The van der Waals surface area contributed by atoms with Crippen LogP contribution in [0.3, 0.4) is 0 Å². The van der Waals surface area contributed by atoms with Crippen molar-refractivity contribution in [3.05, 3.63) is 0 Å². The summed E-state index contributed by atoms with van der Waals surface area (Å²) in [6.45, 7) is 2.23. The van der Waals surface area contributed by atoms with Crippen molar-refractivity contribution in [2.24, 2.45) is 5.73 Å². The van der Waals surface area contributed by atoms with Crippen LogP contribution in [0.2, 0.25) is 0 Å². The summed E-state index contributed by atoms with van der Waals surface area (Å²) < 4.78 is 10.1. The molecule has 0 radical (unpaired) electrons. The summed E-state index contributed by atoms with van der Waals surface area (Å²) in [7, 11) is 1.69. The first kappa shape index (κ1) is 11.2. The van der Waals surface area contributed by atoms with Crippen molar-refractivity contribution in [3.63, 3.8) is 0 Å². The molecule has 0 amide bonds. The van der Waals surface area contributed by atoms with Crippen molar-refractivity contribution in [1.82, 2.24) is 0 Å². The third kappa shape index (κ3) is 3.38. The molecule has 3 nitrogen and oxygen atoms in total. The number of halogens is 1. The molecule has 1 fully saturated rings. The molecular weight excluding hydrogens is 166 g/mol. The van der Waals surface area contributed by atoms with Gasteiger partial charge in [0.1, 0.15) is 0 Å². The summed E-state index contributed by atoms with van der Waals surface area (Å²) in [5.74, 6) is 0. The van der Waals surface area contributed by atoms with Crippen molar-refractivity contribution >= 4 is 12.4 Å². The first-order valence-corrected chi connectivity index (χ1v) is 3.62. The van der Waals surface area contributed by atoms with Crippen LogP contribution in [-0.2, 0) is 9.47 Å². The van der Waals surface area contributed by atoms with E-state index in [1.165, 1.54) is 0 Å². The fourth-order valence-electron chi connectivity index (χ4n) is 1.13. The maximum Gasteiger partial charge on any atom is 0.0647 e. The number of hydrogen-bond acceptors (Lipinski definition) is 3. The number of ether oxygens (including phenoxy) is 2. The summed E-state index contributed by atoms with van der Waals surface area (Å²) >= 11 is 0. The van der Waals surface area contributed by atoms with E-state index in [9.17, 15) is 0 Å². The van der Waals surface area contributed by atoms with Gasteiger partial charge in [0.15, 0.2) is 0 Å². The van der Waals surface area contributed by atoms with Crippen molar-refractivity contribution in [2.75, 3.05) is 26.9 Å². The highest BCUT2D eigenvalue weighted by Gasteiger charge is 2.29. The SMILES string of the molecule is COCCC1(N)CCOC1.Cl. The maximum absolute atomic E-state index is 5.94. The van der Waals surface area contributed by atoms with Crippen molar-refractivity contribution < 1.29 is 9.47 Å². The summed E-state index contributed by atoms with van der Waals surface area (Å²) in [4.78, 5) is 0. The van der Waals surface area contributed by atoms with E-state index in [-0.39, 0.29) is 17.9 Å². The molecule has 1 rings (SSSR count). The lowest BCUT2D eigenvalue weighted by atomic mass is 9.97. The molecule has 0 aromatic carbocycles. The zero-order valence-electron chi connectivity index (χ0n) is 6.84. The second kappa shape index (κ2) is 4.93. The molecule has 1 unspecified atom stereocenters. The first-order valence-electron chi connectivity index (χ1n) is 3.62. The Morgan fingerprint density at radius 1 is 1.64 bits per heavy atom. The average molecular weight is 182 g/mol. The summed E-state index contributed by atoms with van der Waals surface area (Å²) in [6.07, 6.45) is 1.87. The van der Waals surface area contributed by atoms with Gasteiger partial charge >= 0.3 is 0 Å². The Morgan fingerprint density at radius 3 is 2.82 bits per heavy atom. The Labute approximate surface area is 73.6 Å². The number of hydrogen-bond donors (Lipinski definition) is 1. The minimum Gasteiger partial charge on any atom is -0.385 e. The van der Waals surface area contributed by atoms with Gasteiger partial charge in [-0.15, -0.1) is 12.4 Å². The molecule has 68 valence electrons. The van der Waals surface area contributed by atoms with Crippen LogP contribution < -0.4 is 5.73 Å². The van der Waals surface area contributed by atoms with E-state index in [0.717, 1.165) is 26.1 Å². The van der Waals surface area contributed by atoms with Gasteiger partial charge in [-0.1, -0.05) is 0 Å². The molecule has 2 N–H and O–H groups in total. The van der Waals surface area contributed by atoms with E-state index in [0.29, 0.717) is 6.61 Å². The number of nitrogens with two attached hydrogens (primary N) is 1. The summed E-state index contributed by atoms with van der Waals surface area (Å²) in [5.41, 5.74) is 5.84. The molecule has 11 heavy (non-hydrogen) atoms. The molecule has 1 atom stereocenters. The molecule has 1 heterocycles. The van der Waals surface area contributed by atoms with Crippen LogP contribution in [0.1, 0.15) is 12.8 Å². The van der Waals surface area contributed by atoms with Crippen LogP contribution in [0.15, 0.2) is 0 Å². The molecule has 0 aromatic heterocycles. The number of methoxy groups -OCH3 is 1. The quantitative estimate of drug-likeness (QED) is 0.692. The van der Waals surface area contributed by atoms with Crippen LogP contribution in [0.5, 0.6) is 0 Å². The smallest absolute Gasteiger partial charge is 0.0647 e. The second-order valence-corrected chi connectivity index (χ2v) is 2.91. The van der Waals surface area contributed by atoms with Gasteiger partial charge < -0.3 is 15.2 Å². The molecule has 1 aliphatic heterocycles. The molecule has 0 bridgehead atoms. The van der Waals surface area contributed by atoms with Crippen LogP contribution in [0.25, 0.3) is 0 Å². The Morgan fingerprint density at radius 2 is 2.36 bits per heavy atom. The molecule has 0 saturated carbocycles. The van der Waals surface area contributed by atoms with Gasteiger partial charge in [0.05, 0.1) is 6.61 Å². The van der Waals surface area contributed by atoms with Gasteiger partial charge in [-0.2, -0.15) is 0 Å². The lowest BCUT2D eigenvalue weighted by molar-refractivity contribution is 0.143. The van der Waals surface area contributed by atoms with Gasteiger partial charge in [-0.25, -0.2) is 0 Å². The van der Waals surface area contributed by atoms with E-state index >= 15 is 0 Å². The molecule has 0 aromatic rings. The third-order valence-electron chi connectivity index (χ3n) is 1.94. The summed E-state index contributed by atoms with van der Waals surface area (Å²) in [6, 6.07) is 0. The first-order chi connectivity index (χ1) is 4.77. The molecule has 0 aliphatic carbocycles. The van der Waals surface area contributed by atoms with E-state index in [1.807, 2.05) is 0 Å². The zero-order valence-corrected chi connectivity index (χ0v) is 7.65. The van der Waals surface area contributed by atoms with Crippen molar-refractivity contribution in [1.29, 1.82) is 0 Å². The van der Waals surface area contributed by atoms with E-state index in [4.69, 9.17) is 15.2 Å². The Hall–Kier alpha value is 0.170. The van der Waals surface area contributed by atoms with E-state index in [2.05, 4.69) is 0 Å². The zero-order chi connectivity index (χ0) is 7.45. The summed E-state index contributed by atoms with van der Waals surface area (Å²) in [5, 5.41) is 0. The topological polar surface area (TPSA) is 44.5 Å². The largest absolute Gasteiger partial charge is 0.385 e. The Balaban J connectivity index is 0.000001000. The highest BCUT2D eigenvalue weighted by Crippen LogP contribution is 2.18. The van der Waals surface area contributed by atoms with Crippen LogP contribution in [-0.4, -0.2) is 32.5 Å². The fourth-order valence-corrected chi connectivity index (χ4v) is 1.13. The lowest BCUT2D eigenvalue weighted by Gasteiger charge is -2.20. The highest BCUT2D eigenvalue weighted by atomic mass is 35.5. The standard InChI is InChI=1S/C7H15NO2.ClH/c1-9-4-2-7(8)3-5-10-6-7;/h2-6,8H2,1H3;1H. The molecule has 1 aliphatic rings. The van der Waals surface area contributed by atoms with E-state index < -0.39 is 0 Å². The van der Waals surface area contributed by atoms with Crippen LogP contribution >= 0.6 is 12.4 Å².